The van der Waals surface area contributed by atoms with Crippen LogP contribution in [0.1, 0.15) is 18.8 Å². The van der Waals surface area contributed by atoms with Gasteiger partial charge in [0, 0.05) is 0 Å². The van der Waals surface area contributed by atoms with Crippen LogP contribution in [0.4, 0.5) is 13.2 Å². The molecule has 1 N–H and O–H groups in total. The SMILES string of the molecule is CC(C(=O)O)n1nnnc1CC(F)(F)F. The first kappa shape index (κ1) is 11.4. The average Bonchev–Trinajstić information content (AvgIpc) is 2.47. The van der Waals surface area contributed by atoms with Gasteiger partial charge >= 0.3 is 12.1 Å². The molecule has 0 saturated carbocycles. The Hall–Kier alpha value is -1.67. The van der Waals surface area contributed by atoms with E-state index in [1.54, 1.807) is 0 Å². The molecule has 0 aromatic carbocycles. The summed E-state index contributed by atoms with van der Waals surface area (Å²) in [4.78, 5) is 10.5. The van der Waals surface area contributed by atoms with E-state index in [4.69, 9.17) is 5.11 Å². The summed E-state index contributed by atoms with van der Waals surface area (Å²) in [6, 6.07) is -1.22. The van der Waals surface area contributed by atoms with Gasteiger partial charge in [-0.25, -0.2) is 9.48 Å². The molecule has 0 aliphatic heterocycles. The molecule has 84 valence electrons. The smallest absolute Gasteiger partial charge is 0.396 e. The number of alkyl halides is 3. The second-order valence-corrected chi connectivity index (χ2v) is 2.85. The number of rotatable bonds is 3. The lowest BCUT2D eigenvalue weighted by Crippen LogP contribution is -2.23. The molecular weight excluding hydrogens is 217 g/mol. The molecule has 0 aliphatic rings. The van der Waals surface area contributed by atoms with Crippen LogP contribution in [-0.2, 0) is 11.2 Å². The fourth-order valence-corrected chi connectivity index (χ4v) is 0.913. The second kappa shape index (κ2) is 3.83. The van der Waals surface area contributed by atoms with E-state index in [0.29, 0.717) is 4.68 Å². The Bertz CT molecular complexity index is 362. The number of nitrogens with zero attached hydrogens (tertiary/aromatic N) is 4. The summed E-state index contributed by atoms with van der Waals surface area (Å²) in [5, 5.41) is 17.9. The zero-order valence-electron chi connectivity index (χ0n) is 7.56. The van der Waals surface area contributed by atoms with Gasteiger partial charge in [-0.1, -0.05) is 0 Å². The highest BCUT2D eigenvalue weighted by atomic mass is 19.4. The van der Waals surface area contributed by atoms with E-state index >= 15 is 0 Å². The summed E-state index contributed by atoms with van der Waals surface area (Å²) in [6.07, 6.45) is -5.82. The summed E-state index contributed by atoms with van der Waals surface area (Å²) in [7, 11) is 0. The summed E-state index contributed by atoms with van der Waals surface area (Å²) in [6.45, 7) is 1.19. The minimum atomic E-state index is -4.47. The van der Waals surface area contributed by atoms with Crippen molar-refractivity contribution in [1.29, 1.82) is 0 Å². The molecule has 0 spiro atoms. The molecule has 15 heavy (non-hydrogen) atoms. The number of carboxylic acids is 1. The minimum absolute atomic E-state index is 0.516. The third-order valence-corrected chi connectivity index (χ3v) is 1.64. The van der Waals surface area contributed by atoms with Gasteiger partial charge in [-0.15, -0.1) is 5.10 Å². The van der Waals surface area contributed by atoms with Gasteiger partial charge in [-0.05, 0) is 17.4 Å². The fraction of sp³-hybridized carbons (Fsp3) is 0.667. The van der Waals surface area contributed by atoms with Gasteiger partial charge in [0.1, 0.15) is 12.5 Å². The van der Waals surface area contributed by atoms with Crippen molar-refractivity contribution in [3.05, 3.63) is 5.82 Å². The van der Waals surface area contributed by atoms with Crippen molar-refractivity contribution in [3.8, 4) is 0 Å². The maximum atomic E-state index is 12.0. The molecule has 0 fully saturated rings. The van der Waals surface area contributed by atoms with Crippen molar-refractivity contribution in [3.63, 3.8) is 0 Å². The highest BCUT2D eigenvalue weighted by molar-refractivity contribution is 5.71. The predicted octanol–water partition coefficient (Wildman–Crippen LogP) is 0.423. The van der Waals surface area contributed by atoms with Crippen LogP contribution in [0, 0.1) is 0 Å². The molecule has 0 bridgehead atoms. The van der Waals surface area contributed by atoms with Crippen molar-refractivity contribution in [2.45, 2.75) is 25.6 Å². The van der Waals surface area contributed by atoms with Gasteiger partial charge in [0.15, 0.2) is 5.82 Å². The average molecular weight is 224 g/mol. The monoisotopic (exact) mass is 224 g/mol. The second-order valence-electron chi connectivity index (χ2n) is 2.85. The highest BCUT2D eigenvalue weighted by Gasteiger charge is 2.32. The Morgan fingerprint density at radius 1 is 1.60 bits per heavy atom. The van der Waals surface area contributed by atoms with Crippen LogP contribution in [-0.4, -0.2) is 37.5 Å². The molecule has 0 radical (unpaired) electrons. The van der Waals surface area contributed by atoms with Crippen LogP contribution < -0.4 is 0 Å². The van der Waals surface area contributed by atoms with Crippen LogP contribution in [0.5, 0.6) is 0 Å². The largest absolute Gasteiger partial charge is 0.480 e. The lowest BCUT2D eigenvalue weighted by molar-refractivity contribution is -0.142. The molecule has 1 aromatic heterocycles. The van der Waals surface area contributed by atoms with Gasteiger partial charge in [0.2, 0.25) is 0 Å². The molecule has 9 heteroatoms. The molecule has 0 saturated heterocycles. The van der Waals surface area contributed by atoms with E-state index in [1.807, 2.05) is 0 Å². The molecular formula is C6H7F3N4O2. The maximum Gasteiger partial charge on any atom is 0.396 e. The molecule has 1 heterocycles. The number of carboxylic acid groups (broad SMARTS) is 1. The van der Waals surface area contributed by atoms with Crippen LogP contribution in [0.3, 0.4) is 0 Å². The Kier molecular flexibility index (Phi) is 2.91. The third-order valence-electron chi connectivity index (χ3n) is 1.64. The maximum absolute atomic E-state index is 12.0. The van der Waals surface area contributed by atoms with E-state index < -0.39 is 30.4 Å². The van der Waals surface area contributed by atoms with Gasteiger partial charge < -0.3 is 5.11 Å². The number of hydrogen-bond acceptors (Lipinski definition) is 4. The van der Waals surface area contributed by atoms with Crippen molar-refractivity contribution in [2.24, 2.45) is 0 Å². The third kappa shape index (κ3) is 2.89. The summed E-state index contributed by atoms with van der Waals surface area (Å²) in [5.41, 5.74) is 0. The van der Waals surface area contributed by atoms with Crippen molar-refractivity contribution >= 4 is 5.97 Å². The molecule has 1 rings (SSSR count). The van der Waals surface area contributed by atoms with Crippen LogP contribution in [0.2, 0.25) is 0 Å². The fourth-order valence-electron chi connectivity index (χ4n) is 0.913. The zero-order chi connectivity index (χ0) is 11.6. The summed E-state index contributed by atoms with van der Waals surface area (Å²) in [5.74, 6) is -1.82. The summed E-state index contributed by atoms with van der Waals surface area (Å²) < 4.78 is 36.7. The topological polar surface area (TPSA) is 80.9 Å². The molecule has 1 aromatic rings. The lowest BCUT2D eigenvalue weighted by Gasteiger charge is -2.09. The Morgan fingerprint density at radius 3 is 2.67 bits per heavy atom. The Labute approximate surface area is 81.7 Å². The molecule has 0 amide bonds. The van der Waals surface area contributed by atoms with E-state index in [0.717, 1.165) is 0 Å². The molecule has 1 unspecified atom stereocenters. The summed E-state index contributed by atoms with van der Waals surface area (Å²) >= 11 is 0. The van der Waals surface area contributed by atoms with E-state index in [2.05, 4.69) is 15.5 Å². The number of aromatic nitrogens is 4. The van der Waals surface area contributed by atoms with E-state index in [1.165, 1.54) is 6.92 Å². The predicted molar refractivity (Wildman–Crippen MR) is 39.9 cm³/mol. The lowest BCUT2D eigenvalue weighted by atomic mass is 10.3. The van der Waals surface area contributed by atoms with Gasteiger partial charge in [0.25, 0.3) is 0 Å². The van der Waals surface area contributed by atoms with Crippen LogP contribution in [0.15, 0.2) is 0 Å². The molecule has 1 atom stereocenters. The first-order chi connectivity index (χ1) is 6.81. The molecule has 0 aliphatic carbocycles. The minimum Gasteiger partial charge on any atom is -0.480 e. The van der Waals surface area contributed by atoms with Crippen LogP contribution >= 0.6 is 0 Å². The first-order valence-corrected chi connectivity index (χ1v) is 3.87. The Balaban J connectivity index is 2.92. The van der Waals surface area contributed by atoms with Crippen molar-refractivity contribution in [1.82, 2.24) is 20.2 Å². The molecule has 6 nitrogen and oxygen atoms in total. The number of hydrogen-bond donors (Lipinski definition) is 1. The van der Waals surface area contributed by atoms with E-state index in [-0.39, 0.29) is 0 Å². The standard InChI is InChI=1S/C6H7F3N4O2/c1-3(5(14)15)13-4(10-11-12-13)2-6(7,8)9/h3H,2H2,1H3,(H,14,15). The normalized spacial score (nSPS) is 13.9. The van der Waals surface area contributed by atoms with Crippen LogP contribution in [0.25, 0.3) is 0 Å². The Morgan fingerprint density at radius 2 is 2.20 bits per heavy atom. The van der Waals surface area contributed by atoms with E-state index in [9.17, 15) is 18.0 Å². The van der Waals surface area contributed by atoms with Gasteiger partial charge in [-0.3, -0.25) is 0 Å². The van der Waals surface area contributed by atoms with Gasteiger partial charge in [-0.2, -0.15) is 13.2 Å². The highest BCUT2D eigenvalue weighted by Crippen LogP contribution is 2.20. The first-order valence-electron chi connectivity index (χ1n) is 3.87. The number of tetrazole rings is 1. The number of halogens is 3. The quantitative estimate of drug-likeness (QED) is 0.804. The zero-order valence-corrected chi connectivity index (χ0v) is 7.56. The number of carbonyl (C=O) groups is 1. The van der Waals surface area contributed by atoms with Crippen molar-refractivity contribution in [2.75, 3.05) is 0 Å². The van der Waals surface area contributed by atoms with Crippen molar-refractivity contribution < 1.29 is 23.1 Å². The van der Waals surface area contributed by atoms with Gasteiger partial charge in [0.05, 0.1) is 0 Å². The number of aliphatic carboxylic acids is 1.